The summed E-state index contributed by atoms with van der Waals surface area (Å²) in [5.41, 5.74) is -1.97. The van der Waals surface area contributed by atoms with Gasteiger partial charge in [0, 0.05) is 15.8 Å². The summed E-state index contributed by atoms with van der Waals surface area (Å²) >= 11 is 0. The fraction of sp³-hybridized carbons (Fsp3) is 0.500. The lowest BCUT2D eigenvalue weighted by atomic mass is 10.0. The molecule has 0 bridgehead atoms. The minimum Gasteiger partial charge on any atom is -0.339 e. The highest BCUT2D eigenvalue weighted by molar-refractivity contribution is 5.96. The van der Waals surface area contributed by atoms with E-state index in [1.807, 2.05) is 0 Å². The van der Waals surface area contributed by atoms with Crippen LogP contribution in [0.5, 0.6) is 0 Å². The Balaban J connectivity index is 2.30. The normalized spacial score (nSPS) is 23.2. The lowest BCUT2D eigenvalue weighted by Gasteiger charge is -2.32. The second-order valence-corrected chi connectivity index (χ2v) is 4.85. The van der Waals surface area contributed by atoms with Crippen LogP contribution in [0.4, 0.5) is 17.6 Å². The minimum atomic E-state index is -4.85. The second kappa shape index (κ2) is 6.01. The molecule has 1 saturated heterocycles. The van der Waals surface area contributed by atoms with Crippen molar-refractivity contribution in [1.29, 1.82) is 0 Å². The molecule has 2 rings (SSSR count). The quantitative estimate of drug-likeness (QED) is 0.852. The van der Waals surface area contributed by atoms with Gasteiger partial charge in [0.05, 0.1) is 11.1 Å². The van der Waals surface area contributed by atoms with Crippen LogP contribution in [0.2, 0.25) is 0 Å². The molecule has 1 aliphatic heterocycles. The third-order valence-corrected chi connectivity index (χ3v) is 3.45. The van der Waals surface area contributed by atoms with E-state index in [2.05, 4.69) is 5.32 Å². The Kier molecular flexibility index (Phi) is 3.74. The number of amides is 1. The van der Waals surface area contributed by atoms with Gasteiger partial charge in [0.1, 0.15) is 5.82 Å². The summed E-state index contributed by atoms with van der Waals surface area (Å²) in [6.07, 6.45) is -4.46. The summed E-state index contributed by atoms with van der Waals surface area (Å²) in [5.74, 6) is -1.98. The van der Waals surface area contributed by atoms with Gasteiger partial charge in [-0.2, -0.15) is 13.2 Å². The lowest BCUT2D eigenvalue weighted by Crippen LogP contribution is -2.44. The average Bonchev–Trinajstić information content (AvgIpc) is 2.43. The highest BCUT2D eigenvalue weighted by Crippen LogP contribution is 2.33. The van der Waals surface area contributed by atoms with Crippen molar-refractivity contribution in [3.63, 3.8) is 0 Å². The highest BCUT2D eigenvalue weighted by atomic mass is 19.4. The highest BCUT2D eigenvalue weighted by Gasteiger charge is 2.37. The van der Waals surface area contributed by atoms with E-state index in [0.29, 0.717) is 19.0 Å². The molecule has 1 amide bonds. The Hall–Kier alpha value is -1.63. The van der Waals surface area contributed by atoms with Gasteiger partial charge in [-0.05, 0) is 44.1 Å². The van der Waals surface area contributed by atoms with Crippen LogP contribution in [0.15, 0.2) is 18.2 Å². The van der Waals surface area contributed by atoms with Gasteiger partial charge < -0.3 is 10.2 Å². The number of nitrogens with one attached hydrogen (secondary N) is 1. The Morgan fingerprint density at radius 2 is 2.14 bits per heavy atom. The third-order valence-electron chi connectivity index (χ3n) is 3.45. The van der Waals surface area contributed by atoms with E-state index < -0.39 is 41.6 Å². The van der Waals surface area contributed by atoms with Crippen LogP contribution in [0.3, 0.4) is 0 Å². The topological polar surface area (TPSA) is 32.3 Å². The van der Waals surface area contributed by atoms with E-state index in [9.17, 15) is 22.4 Å². The summed E-state index contributed by atoms with van der Waals surface area (Å²) in [6.45, 7) is -1.38. The maximum atomic E-state index is 13.1. The summed E-state index contributed by atoms with van der Waals surface area (Å²) in [6, 6.07) is 1.37. The molecule has 1 aliphatic rings. The van der Waals surface area contributed by atoms with Gasteiger partial charge in [-0.25, -0.2) is 4.39 Å². The molecular weight excluding hydrogens is 288 g/mol. The predicted molar refractivity (Wildman–Crippen MR) is 69.4 cm³/mol. The summed E-state index contributed by atoms with van der Waals surface area (Å²) in [4.78, 5) is 13.5. The number of nitrogens with zero attached hydrogens (tertiary/aromatic N) is 1. The Bertz CT molecular complexity index is 607. The minimum absolute atomic E-state index is 0.0300. The van der Waals surface area contributed by atoms with E-state index in [-0.39, 0.29) is 6.42 Å². The number of alkyl halides is 3. The number of hydrogen-bond acceptors (Lipinski definition) is 2. The van der Waals surface area contributed by atoms with Crippen LogP contribution in [0, 0.1) is 5.82 Å². The van der Waals surface area contributed by atoms with Crippen LogP contribution in [-0.4, -0.2) is 36.9 Å². The van der Waals surface area contributed by atoms with Gasteiger partial charge in [-0.15, -0.1) is 0 Å². The molecule has 1 fully saturated rings. The maximum Gasteiger partial charge on any atom is 0.417 e. The zero-order valence-corrected chi connectivity index (χ0v) is 11.3. The molecule has 0 saturated carbocycles. The number of carbonyl (C=O) groups excluding carboxylic acids is 1. The first-order chi connectivity index (χ1) is 10.5. The third kappa shape index (κ3) is 3.53. The molecule has 0 aliphatic carbocycles. The van der Waals surface area contributed by atoms with Crippen molar-refractivity contribution >= 4 is 5.91 Å². The van der Waals surface area contributed by atoms with E-state index in [1.54, 1.807) is 0 Å². The Morgan fingerprint density at radius 1 is 1.43 bits per heavy atom. The van der Waals surface area contributed by atoms with Gasteiger partial charge in [-0.1, -0.05) is 0 Å². The number of halogens is 4. The van der Waals surface area contributed by atoms with Crippen molar-refractivity contribution < 1.29 is 25.1 Å². The maximum absolute atomic E-state index is 13.1. The van der Waals surface area contributed by atoms with E-state index in [4.69, 9.17) is 2.74 Å². The van der Waals surface area contributed by atoms with Crippen molar-refractivity contribution in [2.45, 2.75) is 25.1 Å². The van der Waals surface area contributed by atoms with Gasteiger partial charge in [0.25, 0.3) is 5.91 Å². The molecule has 0 spiro atoms. The van der Waals surface area contributed by atoms with Crippen molar-refractivity contribution in [1.82, 2.24) is 10.2 Å². The SMILES string of the molecule is [2H]C1([2H])CC(N(C)C(=O)c2ccc(F)cc2C(F)(F)F)CCN1. The smallest absolute Gasteiger partial charge is 0.339 e. The number of rotatable bonds is 2. The van der Waals surface area contributed by atoms with Crippen LogP contribution >= 0.6 is 0 Å². The Morgan fingerprint density at radius 3 is 2.76 bits per heavy atom. The molecule has 1 atom stereocenters. The van der Waals surface area contributed by atoms with Crippen molar-refractivity contribution in [3.8, 4) is 0 Å². The molecular formula is C14H16F4N2O. The summed E-state index contributed by atoms with van der Waals surface area (Å²) in [5, 5.41) is 2.63. The first-order valence-electron chi connectivity index (χ1n) is 7.40. The zero-order valence-electron chi connectivity index (χ0n) is 13.3. The Labute approximate surface area is 122 Å². The van der Waals surface area contributed by atoms with Crippen molar-refractivity contribution in [2.24, 2.45) is 0 Å². The van der Waals surface area contributed by atoms with Crippen LogP contribution in [-0.2, 0) is 6.18 Å². The number of hydrogen-bond donors (Lipinski definition) is 1. The number of carbonyl (C=O) groups is 1. The van der Waals surface area contributed by atoms with Crippen LogP contribution < -0.4 is 5.32 Å². The van der Waals surface area contributed by atoms with Gasteiger partial charge >= 0.3 is 6.18 Å². The van der Waals surface area contributed by atoms with Gasteiger partial charge in [0.2, 0.25) is 0 Å². The predicted octanol–water partition coefficient (Wildman–Crippen LogP) is 2.67. The first-order valence-corrected chi connectivity index (χ1v) is 6.40. The molecule has 1 aromatic carbocycles. The fourth-order valence-electron chi connectivity index (χ4n) is 2.24. The number of benzene rings is 1. The van der Waals surface area contributed by atoms with Crippen molar-refractivity contribution in [3.05, 3.63) is 35.1 Å². The fourth-order valence-corrected chi connectivity index (χ4v) is 2.24. The molecule has 1 heterocycles. The summed E-state index contributed by atoms with van der Waals surface area (Å²) in [7, 11) is 1.33. The number of piperidine rings is 1. The second-order valence-electron chi connectivity index (χ2n) is 4.85. The first kappa shape index (κ1) is 13.1. The standard InChI is InChI=1S/C14H16F4N2O/c1-20(10-4-6-19-7-5-10)13(21)11-3-2-9(15)8-12(11)14(16,17)18/h2-3,8,10,19H,4-7H2,1H3/i6D2. The van der Waals surface area contributed by atoms with Crippen molar-refractivity contribution in [2.75, 3.05) is 20.1 Å². The van der Waals surface area contributed by atoms with E-state index >= 15 is 0 Å². The molecule has 1 unspecified atom stereocenters. The molecule has 7 heteroatoms. The largest absolute Gasteiger partial charge is 0.417 e. The molecule has 21 heavy (non-hydrogen) atoms. The monoisotopic (exact) mass is 306 g/mol. The van der Waals surface area contributed by atoms with E-state index in [0.717, 1.165) is 17.0 Å². The zero-order chi connectivity index (χ0) is 17.4. The van der Waals surface area contributed by atoms with Crippen LogP contribution in [0.1, 0.15) is 31.5 Å². The molecule has 3 nitrogen and oxygen atoms in total. The molecule has 0 radical (unpaired) electrons. The molecule has 1 aromatic rings. The molecule has 0 aromatic heterocycles. The molecule has 116 valence electrons. The summed E-state index contributed by atoms with van der Waals surface area (Å²) < 4.78 is 67.5. The average molecular weight is 306 g/mol. The van der Waals surface area contributed by atoms with Gasteiger partial charge in [0.15, 0.2) is 0 Å². The molecule has 1 N–H and O–H groups in total. The van der Waals surface area contributed by atoms with Crippen LogP contribution in [0.25, 0.3) is 0 Å². The van der Waals surface area contributed by atoms with E-state index in [1.165, 1.54) is 7.05 Å². The van der Waals surface area contributed by atoms with Gasteiger partial charge in [-0.3, -0.25) is 4.79 Å². The lowest BCUT2D eigenvalue weighted by molar-refractivity contribution is -0.138.